The number of hydrogen-bond donors (Lipinski definition) is 1. The van der Waals surface area contributed by atoms with Crippen LogP contribution in [0.3, 0.4) is 0 Å². The summed E-state index contributed by atoms with van der Waals surface area (Å²) in [6.07, 6.45) is 1.85. The molecule has 0 spiro atoms. The number of aromatic nitrogens is 2. The lowest BCUT2D eigenvalue weighted by Crippen LogP contribution is -2.05. The van der Waals surface area contributed by atoms with Crippen LogP contribution >= 0.6 is 22.6 Å². The van der Waals surface area contributed by atoms with E-state index in [1.165, 1.54) is 0 Å². The van der Waals surface area contributed by atoms with Gasteiger partial charge in [0.1, 0.15) is 17.4 Å². The van der Waals surface area contributed by atoms with Gasteiger partial charge in [-0.05, 0) is 54.1 Å². The Labute approximate surface area is 133 Å². The fourth-order valence-corrected chi connectivity index (χ4v) is 2.38. The highest BCUT2D eigenvalue weighted by Crippen LogP contribution is 2.27. The summed E-state index contributed by atoms with van der Waals surface area (Å²) in [5.41, 5.74) is 0.922. The zero-order valence-corrected chi connectivity index (χ0v) is 14.1. The summed E-state index contributed by atoms with van der Waals surface area (Å²) in [4.78, 5) is 9.02. The van der Waals surface area contributed by atoms with Gasteiger partial charge in [-0.1, -0.05) is 13.0 Å². The molecule has 0 aliphatic carbocycles. The molecule has 0 atom stereocenters. The van der Waals surface area contributed by atoms with E-state index in [0.717, 1.165) is 39.4 Å². The number of aryl methyl sites for hydroxylation is 1. The molecule has 5 heteroatoms. The van der Waals surface area contributed by atoms with Gasteiger partial charge in [-0.15, -0.1) is 0 Å². The van der Waals surface area contributed by atoms with Crippen LogP contribution in [0.2, 0.25) is 0 Å². The molecular formula is C15H18IN3O. The summed E-state index contributed by atoms with van der Waals surface area (Å²) < 4.78 is 7.06. The fourth-order valence-electron chi connectivity index (χ4n) is 1.86. The molecule has 0 saturated heterocycles. The Morgan fingerprint density at radius 2 is 2.10 bits per heavy atom. The van der Waals surface area contributed by atoms with E-state index in [1.54, 1.807) is 0 Å². The van der Waals surface area contributed by atoms with Crippen LogP contribution in [0.4, 0.5) is 5.82 Å². The lowest BCUT2D eigenvalue weighted by Gasteiger charge is -2.12. The van der Waals surface area contributed by atoms with Crippen molar-refractivity contribution in [3.63, 3.8) is 0 Å². The molecular weight excluding hydrogens is 365 g/mol. The molecule has 0 saturated carbocycles. The number of hydrogen-bond acceptors (Lipinski definition) is 4. The second-order valence-corrected chi connectivity index (χ2v) is 5.72. The molecule has 4 nitrogen and oxygen atoms in total. The summed E-state index contributed by atoms with van der Waals surface area (Å²) in [5, 5.41) is 3.10. The number of ether oxygens (including phenoxy) is 1. The SMILES string of the molecule is CCCc1nc(NC)c(C)c(Oc2cccc(I)c2)n1. The van der Waals surface area contributed by atoms with Crippen molar-refractivity contribution in [2.45, 2.75) is 26.7 Å². The summed E-state index contributed by atoms with van der Waals surface area (Å²) >= 11 is 2.27. The number of nitrogens with one attached hydrogen (secondary N) is 1. The second-order valence-electron chi connectivity index (χ2n) is 4.48. The molecule has 1 aromatic carbocycles. The Bertz CT molecular complexity index is 602. The van der Waals surface area contributed by atoms with Crippen molar-refractivity contribution in [1.82, 2.24) is 9.97 Å². The van der Waals surface area contributed by atoms with Crippen LogP contribution in [-0.4, -0.2) is 17.0 Å². The Morgan fingerprint density at radius 3 is 2.75 bits per heavy atom. The highest BCUT2D eigenvalue weighted by atomic mass is 127. The standard InChI is InChI=1S/C15H18IN3O/c1-4-6-13-18-14(17-3)10(2)15(19-13)20-12-8-5-7-11(16)9-12/h5,7-9H,4,6H2,1-3H3,(H,17,18,19). The molecule has 0 aliphatic heterocycles. The van der Waals surface area contributed by atoms with Crippen molar-refractivity contribution in [3.05, 3.63) is 39.2 Å². The quantitative estimate of drug-likeness (QED) is 0.788. The highest BCUT2D eigenvalue weighted by molar-refractivity contribution is 14.1. The third-order valence-electron chi connectivity index (χ3n) is 2.87. The molecule has 0 amide bonds. The molecule has 0 aliphatic rings. The van der Waals surface area contributed by atoms with Crippen molar-refractivity contribution in [1.29, 1.82) is 0 Å². The minimum Gasteiger partial charge on any atom is -0.439 e. The first kappa shape index (κ1) is 15.0. The van der Waals surface area contributed by atoms with Gasteiger partial charge >= 0.3 is 0 Å². The fraction of sp³-hybridized carbons (Fsp3) is 0.333. The summed E-state index contributed by atoms with van der Waals surface area (Å²) in [7, 11) is 1.86. The number of anilines is 1. The summed E-state index contributed by atoms with van der Waals surface area (Å²) in [6, 6.07) is 7.92. The van der Waals surface area contributed by atoms with Gasteiger partial charge in [-0.2, -0.15) is 4.98 Å². The van der Waals surface area contributed by atoms with Gasteiger partial charge in [0.05, 0.1) is 5.56 Å². The first-order chi connectivity index (χ1) is 9.63. The monoisotopic (exact) mass is 383 g/mol. The average molecular weight is 383 g/mol. The van der Waals surface area contributed by atoms with Crippen LogP contribution < -0.4 is 10.1 Å². The van der Waals surface area contributed by atoms with Crippen molar-refractivity contribution >= 4 is 28.4 Å². The maximum absolute atomic E-state index is 5.92. The smallest absolute Gasteiger partial charge is 0.227 e. The normalized spacial score (nSPS) is 10.4. The maximum Gasteiger partial charge on any atom is 0.227 e. The predicted octanol–water partition coefficient (Wildman–Crippen LogP) is 4.18. The molecule has 1 heterocycles. The second kappa shape index (κ2) is 6.88. The molecule has 2 aromatic rings. The van der Waals surface area contributed by atoms with Gasteiger partial charge in [-0.25, -0.2) is 4.98 Å². The number of nitrogens with zero attached hydrogens (tertiary/aromatic N) is 2. The Hall–Kier alpha value is -1.37. The average Bonchev–Trinajstić information content (AvgIpc) is 2.42. The molecule has 2 rings (SSSR count). The van der Waals surface area contributed by atoms with Gasteiger partial charge in [0.15, 0.2) is 0 Å². The van der Waals surface area contributed by atoms with Crippen molar-refractivity contribution in [2.75, 3.05) is 12.4 Å². The van der Waals surface area contributed by atoms with Crippen molar-refractivity contribution in [2.24, 2.45) is 0 Å². The van der Waals surface area contributed by atoms with Gasteiger partial charge in [0.25, 0.3) is 0 Å². The highest BCUT2D eigenvalue weighted by Gasteiger charge is 2.12. The molecule has 1 aromatic heterocycles. The Kier molecular flexibility index (Phi) is 5.17. The largest absolute Gasteiger partial charge is 0.439 e. The van der Waals surface area contributed by atoms with E-state index < -0.39 is 0 Å². The van der Waals surface area contributed by atoms with E-state index in [9.17, 15) is 0 Å². The lowest BCUT2D eigenvalue weighted by molar-refractivity contribution is 0.454. The molecule has 0 radical (unpaired) electrons. The minimum atomic E-state index is 0.620. The van der Waals surface area contributed by atoms with E-state index in [0.29, 0.717) is 5.88 Å². The lowest BCUT2D eigenvalue weighted by atomic mass is 10.2. The van der Waals surface area contributed by atoms with E-state index in [1.807, 2.05) is 38.2 Å². The first-order valence-corrected chi connectivity index (χ1v) is 7.70. The number of benzene rings is 1. The van der Waals surface area contributed by atoms with Crippen molar-refractivity contribution in [3.8, 4) is 11.6 Å². The third-order valence-corrected chi connectivity index (χ3v) is 3.54. The van der Waals surface area contributed by atoms with Gasteiger partial charge in [0.2, 0.25) is 5.88 Å². The van der Waals surface area contributed by atoms with Crippen LogP contribution in [0, 0.1) is 10.5 Å². The molecule has 20 heavy (non-hydrogen) atoms. The van der Waals surface area contributed by atoms with Crippen LogP contribution in [0.15, 0.2) is 24.3 Å². The van der Waals surface area contributed by atoms with Gasteiger partial charge in [0, 0.05) is 17.0 Å². The molecule has 1 N–H and O–H groups in total. The van der Waals surface area contributed by atoms with E-state index in [2.05, 4.69) is 44.8 Å². The van der Waals surface area contributed by atoms with Crippen LogP contribution in [0.5, 0.6) is 11.6 Å². The maximum atomic E-state index is 5.92. The molecule has 0 unspecified atom stereocenters. The zero-order chi connectivity index (χ0) is 14.5. The Morgan fingerprint density at radius 1 is 1.30 bits per heavy atom. The molecule has 0 bridgehead atoms. The first-order valence-electron chi connectivity index (χ1n) is 6.62. The number of halogens is 1. The number of rotatable bonds is 5. The van der Waals surface area contributed by atoms with Crippen LogP contribution in [0.1, 0.15) is 24.7 Å². The van der Waals surface area contributed by atoms with Crippen LogP contribution in [0.25, 0.3) is 0 Å². The summed E-state index contributed by atoms with van der Waals surface area (Å²) in [6.45, 7) is 4.08. The van der Waals surface area contributed by atoms with E-state index in [4.69, 9.17) is 4.74 Å². The van der Waals surface area contributed by atoms with E-state index >= 15 is 0 Å². The topological polar surface area (TPSA) is 47.0 Å². The third kappa shape index (κ3) is 3.59. The molecule has 0 fully saturated rings. The van der Waals surface area contributed by atoms with E-state index in [-0.39, 0.29) is 0 Å². The van der Waals surface area contributed by atoms with Gasteiger partial charge < -0.3 is 10.1 Å². The summed E-state index contributed by atoms with van der Waals surface area (Å²) in [5.74, 6) is 3.05. The molecule has 106 valence electrons. The minimum absolute atomic E-state index is 0.620. The zero-order valence-electron chi connectivity index (χ0n) is 11.9. The van der Waals surface area contributed by atoms with Crippen LogP contribution in [-0.2, 0) is 6.42 Å². The van der Waals surface area contributed by atoms with Gasteiger partial charge in [-0.3, -0.25) is 0 Å². The predicted molar refractivity (Wildman–Crippen MR) is 89.5 cm³/mol. The van der Waals surface area contributed by atoms with Crippen molar-refractivity contribution < 1.29 is 4.74 Å². The Balaban J connectivity index is 2.36.